The van der Waals surface area contributed by atoms with Crippen LogP contribution in [0.4, 0.5) is 19.0 Å². The quantitative estimate of drug-likeness (QED) is 0.427. The van der Waals surface area contributed by atoms with Crippen LogP contribution in [0.2, 0.25) is 0 Å². The highest BCUT2D eigenvalue weighted by molar-refractivity contribution is 6.03. The number of alkyl halides is 3. The lowest BCUT2D eigenvalue weighted by molar-refractivity contribution is -0.274. The van der Waals surface area contributed by atoms with Crippen LogP contribution in [-0.2, 0) is 6.54 Å². The third kappa shape index (κ3) is 5.35. The Labute approximate surface area is 196 Å². The minimum absolute atomic E-state index is 0.0528. The summed E-state index contributed by atoms with van der Waals surface area (Å²) >= 11 is 0. The number of benzene rings is 2. The molecule has 0 fully saturated rings. The molecule has 2 heterocycles. The maximum Gasteiger partial charge on any atom is 0.573 e. The fourth-order valence-electron chi connectivity index (χ4n) is 3.45. The van der Waals surface area contributed by atoms with Gasteiger partial charge in [-0.25, -0.2) is 14.3 Å². The molecule has 11 heteroatoms. The number of anilines is 1. The van der Waals surface area contributed by atoms with E-state index in [4.69, 9.17) is 0 Å². The van der Waals surface area contributed by atoms with E-state index in [0.29, 0.717) is 11.1 Å². The molecule has 8 nitrogen and oxygen atoms in total. The SMILES string of the molecule is Cc1c(O)n(-c2ccc(OC(F)(F)F)cc2)c(=O)n1Cc1ccnc(NC(=O)c2ccccc2)c1. The predicted octanol–water partition coefficient (Wildman–Crippen LogP) is 4.25. The molecule has 0 atom stereocenters. The molecule has 2 N–H and O–H groups in total. The molecular formula is C24H19F3N4O4. The number of nitrogens with one attached hydrogen (secondary N) is 1. The van der Waals surface area contributed by atoms with Crippen molar-refractivity contribution in [3.05, 3.63) is 100 Å². The summed E-state index contributed by atoms with van der Waals surface area (Å²) in [5.74, 6) is -0.866. The average molecular weight is 484 g/mol. The van der Waals surface area contributed by atoms with E-state index in [2.05, 4.69) is 15.0 Å². The van der Waals surface area contributed by atoms with E-state index in [0.717, 1.165) is 16.7 Å². The van der Waals surface area contributed by atoms with E-state index >= 15 is 0 Å². The van der Waals surface area contributed by atoms with Crippen LogP contribution in [0.25, 0.3) is 5.69 Å². The van der Waals surface area contributed by atoms with Crippen LogP contribution >= 0.6 is 0 Å². The number of carbonyl (C=O) groups excluding carboxylic acids is 1. The molecule has 4 rings (SSSR count). The van der Waals surface area contributed by atoms with Gasteiger partial charge in [0, 0.05) is 11.8 Å². The van der Waals surface area contributed by atoms with Crippen LogP contribution in [0, 0.1) is 6.92 Å². The van der Waals surface area contributed by atoms with Gasteiger partial charge in [0.2, 0.25) is 5.88 Å². The third-order valence-corrected chi connectivity index (χ3v) is 5.13. The number of hydrogen-bond acceptors (Lipinski definition) is 5. The number of rotatable bonds is 6. The number of aromatic hydroxyl groups is 1. The summed E-state index contributed by atoms with van der Waals surface area (Å²) in [6.07, 6.45) is -3.36. The molecule has 35 heavy (non-hydrogen) atoms. The summed E-state index contributed by atoms with van der Waals surface area (Å²) in [5.41, 5.74) is 0.892. The monoisotopic (exact) mass is 484 g/mol. The van der Waals surface area contributed by atoms with Crippen molar-refractivity contribution in [3.63, 3.8) is 0 Å². The Kier molecular flexibility index (Phi) is 6.32. The summed E-state index contributed by atoms with van der Waals surface area (Å²) in [6.45, 7) is 1.59. The number of nitrogens with zero attached hydrogens (tertiary/aromatic N) is 3. The molecule has 0 saturated heterocycles. The maximum absolute atomic E-state index is 13.0. The molecule has 0 saturated carbocycles. The van der Waals surface area contributed by atoms with Gasteiger partial charge in [0.1, 0.15) is 11.6 Å². The van der Waals surface area contributed by atoms with Crippen molar-refractivity contribution in [2.24, 2.45) is 0 Å². The average Bonchev–Trinajstić information content (AvgIpc) is 3.02. The first-order chi connectivity index (χ1) is 16.6. The number of halogens is 3. The van der Waals surface area contributed by atoms with Gasteiger partial charge in [-0.1, -0.05) is 18.2 Å². The molecule has 0 radical (unpaired) electrons. The van der Waals surface area contributed by atoms with Crippen LogP contribution in [0.3, 0.4) is 0 Å². The van der Waals surface area contributed by atoms with Gasteiger partial charge in [0.15, 0.2) is 0 Å². The van der Waals surface area contributed by atoms with E-state index in [-0.39, 0.29) is 35.5 Å². The normalized spacial score (nSPS) is 11.3. The number of aromatic nitrogens is 3. The molecule has 4 aromatic rings. The Morgan fingerprint density at radius 3 is 2.43 bits per heavy atom. The standard InChI is InChI=1S/C24H19F3N4O4/c1-15-22(33)31(18-7-9-19(10-8-18)35-24(25,26)27)23(34)30(15)14-16-11-12-28-20(13-16)29-21(32)17-5-3-2-4-6-17/h2-13,33H,14H2,1H3,(H,28,29,32). The highest BCUT2D eigenvalue weighted by Gasteiger charge is 2.31. The summed E-state index contributed by atoms with van der Waals surface area (Å²) < 4.78 is 43.3. The van der Waals surface area contributed by atoms with E-state index in [1.54, 1.807) is 42.5 Å². The molecule has 0 aliphatic rings. The zero-order valence-corrected chi connectivity index (χ0v) is 18.3. The van der Waals surface area contributed by atoms with E-state index in [1.807, 2.05) is 0 Å². The number of amides is 1. The maximum atomic E-state index is 13.0. The van der Waals surface area contributed by atoms with Crippen LogP contribution in [-0.4, -0.2) is 31.5 Å². The van der Waals surface area contributed by atoms with Gasteiger partial charge in [0.05, 0.1) is 17.9 Å². The molecular weight excluding hydrogens is 465 g/mol. The van der Waals surface area contributed by atoms with E-state index < -0.39 is 17.8 Å². The molecule has 0 aliphatic heterocycles. The van der Waals surface area contributed by atoms with Gasteiger partial charge in [-0.2, -0.15) is 0 Å². The van der Waals surface area contributed by atoms with Gasteiger partial charge in [0.25, 0.3) is 5.91 Å². The Morgan fingerprint density at radius 1 is 1.09 bits per heavy atom. The molecule has 0 aliphatic carbocycles. The second kappa shape index (κ2) is 9.37. The molecule has 2 aromatic heterocycles. The van der Waals surface area contributed by atoms with Crippen LogP contribution in [0.5, 0.6) is 11.6 Å². The second-order valence-corrected chi connectivity index (χ2v) is 7.52. The van der Waals surface area contributed by atoms with E-state index in [9.17, 15) is 27.9 Å². The molecule has 0 unspecified atom stereocenters. The van der Waals surface area contributed by atoms with Crippen molar-refractivity contribution in [1.29, 1.82) is 0 Å². The zero-order chi connectivity index (χ0) is 25.2. The first-order valence-electron chi connectivity index (χ1n) is 10.3. The smallest absolute Gasteiger partial charge is 0.493 e. The fourth-order valence-corrected chi connectivity index (χ4v) is 3.45. The van der Waals surface area contributed by atoms with Gasteiger partial charge in [-0.05, 0) is 61.0 Å². The zero-order valence-electron chi connectivity index (χ0n) is 18.3. The Balaban J connectivity index is 1.57. The van der Waals surface area contributed by atoms with Gasteiger partial charge in [-0.3, -0.25) is 9.36 Å². The van der Waals surface area contributed by atoms with Crippen molar-refractivity contribution in [3.8, 4) is 17.3 Å². The molecule has 180 valence electrons. The fraction of sp³-hybridized carbons (Fsp3) is 0.125. The molecule has 2 aromatic carbocycles. The Morgan fingerprint density at radius 2 is 1.77 bits per heavy atom. The molecule has 0 spiro atoms. The minimum Gasteiger partial charge on any atom is -0.493 e. The highest BCUT2D eigenvalue weighted by Crippen LogP contribution is 2.26. The number of pyridine rings is 1. The number of carbonyl (C=O) groups is 1. The largest absolute Gasteiger partial charge is 0.573 e. The van der Waals surface area contributed by atoms with Crippen LogP contribution in [0.15, 0.2) is 77.7 Å². The minimum atomic E-state index is -4.84. The topological polar surface area (TPSA) is 98.4 Å². The van der Waals surface area contributed by atoms with Gasteiger partial charge < -0.3 is 15.2 Å². The lowest BCUT2D eigenvalue weighted by Gasteiger charge is -2.09. The summed E-state index contributed by atoms with van der Waals surface area (Å²) in [4.78, 5) is 29.6. The highest BCUT2D eigenvalue weighted by atomic mass is 19.4. The number of ether oxygens (including phenoxy) is 1. The second-order valence-electron chi connectivity index (χ2n) is 7.52. The first kappa shape index (κ1) is 23.6. The van der Waals surface area contributed by atoms with E-state index in [1.165, 1.54) is 29.8 Å². The summed E-state index contributed by atoms with van der Waals surface area (Å²) in [6, 6.07) is 16.4. The Hall–Kier alpha value is -4.54. The van der Waals surface area contributed by atoms with Crippen molar-refractivity contribution < 1.29 is 27.8 Å². The lowest BCUT2D eigenvalue weighted by atomic mass is 10.2. The summed E-state index contributed by atoms with van der Waals surface area (Å²) in [5, 5.41) is 13.2. The van der Waals surface area contributed by atoms with Crippen LogP contribution < -0.4 is 15.7 Å². The predicted molar refractivity (Wildman–Crippen MR) is 121 cm³/mol. The first-order valence-corrected chi connectivity index (χ1v) is 10.3. The third-order valence-electron chi connectivity index (χ3n) is 5.13. The van der Waals surface area contributed by atoms with Crippen molar-refractivity contribution in [1.82, 2.24) is 14.1 Å². The van der Waals surface area contributed by atoms with Crippen LogP contribution in [0.1, 0.15) is 21.6 Å². The summed E-state index contributed by atoms with van der Waals surface area (Å²) in [7, 11) is 0. The van der Waals surface area contributed by atoms with Crippen molar-refractivity contribution in [2.45, 2.75) is 19.8 Å². The molecule has 1 amide bonds. The van der Waals surface area contributed by atoms with Gasteiger partial charge in [-0.15, -0.1) is 13.2 Å². The lowest BCUT2D eigenvalue weighted by Crippen LogP contribution is -2.24. The molecule has 0 bridgehead atoms. The number of hydrogen-bond donors (Lipinski definition) is 2. The van der Waals surface area contributed by atoms with Gasteiger partial charge >= 0.3 is 12.1 Å². The Bertz CT molecular complexity index is 1410. The van der Waals surface area contributed by atoms with Crippen molar-refractivity contribution in [2.75, 3.05) is 5.32 Å². The number of imidazole rings is 1. The van der Waals surface area contributed by atoms with Crippen molar-refractivity contribution >= 4 is 11.7 Å².